The maximum Gasteiger partial charge on any atom is 0.130 e. The molecule has 78 valence electrons. The first-order chi connectivity index (χ1) is 6.54. The minimum atomic E-state index is -0.201. The van der Waals surface area contributed by atoms with Crippen LogP contribution in [-0.2, 0) is 4.79 Å². The second kappa shape index (κ2) is 4.54. The topological polar surface area (TPSA) is 17.1 Å². The van der Waals surface area contributed by atoms with Crippen LogP contribution in [0.5, 0.6) is 0 Å². The van der Waals surface area contributed by atoms with E-state index in [1.807, 2.05) is 19.9 Å². The number of rotatable bonds is 3. The number of carbonyl (C=O) groups is 1. The molecule has 0 aliphatic heterocycles. The molecule has 0 saturated heterocycles. The molecule has 0 spiro atoms. The number of Topliss-reactive ketones (excluding diaryl/α,β-unsaturated/α-hetero) is 1. The molecule has 0 heterocycles. The molecule has 1 nitrogen and oxygen atoms in total. The second-order valence-corrected chi connectivity index (χ2v) is 4.02. The van der Waals surface area contributed by atoms with Crippen molar-refractivity contribution >= 4 is 5.78 Å². The molecule has 1 rings (SSSR count). The van der Waals surface area contributed by atoms with Gasteiger partial charge in [0.2, 0.25) is 0 Å². The van der Waals surface area contributed by atoms with Gasteiger partial charge in [0.05, 0.1) is 0 Å². The van der Waals surface area contributed by atoms with Gasteiger partial charge in [0, 0.05) is 12.3 Å². The Balaban J connectivity index is 2.86. The number of allylic oxidation sites excluding steroid dienone is 4. The number of hydrogen-bond donors (Lipinski definition) is 0. The summed E-state index contributed by atoms with van der Waals surface area (Å²) in [6, 6.07) is 0. The van der Waals surface area contributed by atoms with Gasteiger partial charge in [-0.25, -0.2) is 4.39 Å². The van der Waals surface area contributed by atoms with Gasteiger partial charge in [-0.15, -0.1) is 0 Å². The van der Waals surface area contributed by atoms with E-state index in [0.717, 1.165) is 5.57 Å². The van der Waals surface area contributed by atoms with E-state index in [-0.39, 0.29) is 17.5 Å². The third-order valence-electron chi connectivity index (χ3n) is 2.57. The van der Waals surface area contributed by atoms with Gasteiger partial charge in [-0.1, -0.05) is 18.6 Å². The quantitative estimate of drug-likeness (QED) is 0.674. The average molecular weight is 196 g/mol. The van der Waals surface area contributed by atoms with Crippen molar-refractivity contribution in [3.63, 3.8) is 0 Å². The molecule has 0 aromatic carbocycles. The Hall–Kier alpha value is -0.920. The molecule has 1 aliphatic carbocycles. The molecule has 2 heteroatoms. The summed E-state index contributed by atoms with van der Waals surface area (Å²) in [6.07, 6.45) is 3.64. The molecule has 0 amide bonds. The van der Waals surface area contributed by atoms with Gasteiger partial charge in [-0.05, 0) is 32.3 Å². The lowest BCUT2D eigenvalue weighted by Gasteiger charge is -2.21. The Kier molecular flexibility index (Phi) is 3.62. The van der Waals surface area contributed by atoms with Crippen LogP contribution in [0.1, 0.15) is 40.0 Å². The first kappa shape index (κ1) is 11.2. The van der Waals surface area contributed by atoms with Crippen molar-refractivity contribution in [3.8, 4) is 0 Å². The summed E-state index contributed by atoms with van der Waals surface area (Å²) in [4.78, 5) is 11.0. The Morgan fingerprint density at radius 2 is 2.29 bits per heavy atom. The van der Waals surface area contributed by atoms with Gasteiger partial charge >= 0.3 is 0 Å². The molecular formula is C12H17FO. The van der Waals surface area contributed by atoms with Gasteiger partial charge in [0.15, 0.2) is 0 Å². The molecule has 1 aliphatic rings. The van der Waals surface area contributed by atoms with Crippen molar-refractivity contribution in [2.45, 2.75) is 40.0 Å². The highest BCUT2D eigenvalue weighted by Gasteiger charge is 2.23. The highest BCUT2D eigenvalue weighted by atomic mass is 19.1. The summed E-state index contributed by atoms with van der Waals surface area (Å²) in [5.74, 6) is -0.212. The van der Waals surface area contributed by atoms with Crippen molar-refractivity contribution in [2.75, 3.05) is 0 Å². The lowest BCUT2D eigenvalue weighted by molar-refractivity contribution is -0.117. The number of halogens is 1. The van der Waals surface area contributed by atoms with E-state index in [9.17, 15) is 9.18 Å². The highest BCUT2D eigenvalue weighted by molar-refractivity contribution is 5.76. The highest BCUT2D eigenvalue weighted by Crippen LogP contribution is 2.33. The summed E-state index contributed by atoms with van der Waals surface area (Å²) in [5.41, 5.74) is 1.94. The van der Waals surface area contributed by atoms with Gasteiger partial charge in [-0.2, -0.15) is 0 Å². The first-order valence-corrected chi connectivity index (χ1v) is 5.09. The molecular weight excluding hydrogens is 179 g/mol. The Bertz CT molecular complexity index is 297. The fourth-order valence-corrected chi connectivity index (χ4v) is 1.95. The minimum Gasteiger partial charge on any atom is -0.300 e. The largest absolute Gasteiger partial charge is 0.300 e. The first-order valence-electron chi connectivity index (χ1n) is 5.09. The SMILES string of the molecule is CCC1=C(F)C(CC(C)=O)CC(C)=C1. The Morgan fingerprint density at radius 3 is 2.79 bits per heavy atom. The van der Waals surface area contributed by atoms with Crippen molar-refractivity contribution in [1.29, 1.82) is 0 Å². The van der Waals surface area contributed by atoms with E-state index < -0.39 is 0 Å². The van der Waals surface area contributed by atoms with Crippen LogP contribution in [0.4, 0.5) is 4.39 Å². The summed E-state index contributed by atoms with van der Waals surface area (Å²) in [7, 11) is 0. The van der Waals surface area contributed by atoms with E-state index >= 15 is 0 Å². The summed E-state index contributed by atoms with van der Waals surface area (Å²) in [6.45, 7) is 5.45. The number of hydrogen-bond acceptors (Lipinski definition) is 1. The van der Waals surface area contributed by atoms with E-state index in [0.29, 0.717) is 19.3 Å². The van der Waals surface area contributed by atoms with Crippen LogP contribution in [0.25, 0.3) is 0 Å². The predicted octanol–water partition coefficient (Wildman–Crippen LogP) is 3.57. The molecule has 0 aromatic rings. The van der Waals surface area contributed by atoms with Gasteiger partial charge in [0.1, 0.15) is 11.6 Å². The fourth-order valence-electron chi connectivity index (χ4n) is 1.95. The van der Waals surface area contributed by atoms with Gasteiger partial charge in [0.25, 0.3) is 0 Å². The van der Waals surface area contributed by atoms with Crippen LogP contribution < -0.4 is 0 Å². The molecule has 0 saturated carbocycles. The van der Waals surface area contributed by atoms with Crippen LogP contribution in [0.15, 0.2) is 23.0 Å². The van der Waals surface area contributed by atoms with Crippen molar-refractivity contribution in [2.24, 2.45) is 5.92 Å². The maximum absolute atomic E-state index is 13.7. The van der Waals surface area contributed by atoms with Gasteiger partial charge < -0.3 is 4.79 Å². The normalized spacial score (nSPS) is 22.3. The lowest BCUT2D eigenvalue weighted by Crippen LogP contribution is -2.12. The second-order valence-electron chi connectivity index (χ2n) is 4.02. The van der Waals surface area contributed by atoms with Crippen molar-refractivity contribution < 1.29 is 9.18 Å². The molecule has 1 atom stereocenters. The lowest BCUT2D eigenvalue weighted by atomic mass is 9.86. The van der Waals surface area contributed by atoms with Crippen LogP contribution in [0.3, 0.4) is 0 Å². The van der Waals surface area contributed by atoms with E-state index in [1.165, 1.54) is 12.5 Å². The zero-order chi connectivity index (χ0) is 10.7. The minimum absolute atomic E-state index is 0.0651. The van der Waals surface area contributed by atoms with Crippen molar-refractivity contribution in [3.05, 3.63) is 23.0 Å². The van der Waals surface area contributed by atoms with Crippen LogP contribution >= 0.6 is 0 Å². The molecule has 0 bridgehead atoms. The maximum atomic E-state index is 13.7. The molecule has 0 radical (unpaired) electrons. The number of carbonyl (C=O) groups excluding carboxylic acids is 1. The average Bonchev–Trinajstić information content (AvgIpc) is 2.09. The molecule has 0 N–H and O–H groups in total. The fraction of sp³-hybridized carbons (Fsp3) is 0.583. The standard InChI is InChI=1S/C12H17FO/c1-4-10-5-8(2)6-11(12(10)13)7-9(3)14/h5,11H,4,6-7H2,1-3H3. The summed E-state index contributed by atoms with van der Waals surface area (Å²) >= 11 is 0. The van der Waals surface area contributed by atoms with Crippen LogP contribution in [-0.4, -0.2) is 5.78 Å². The molecule has 14 heavy (non-hydrogen) atoms. The van der Waals surface area contributed by atoms with Crippen LogP contribution in [0, 0.1) is 5.92 Å². The van der Waals surface area contributed by atoms with E-state index in [1.54, 1.807) is 0 Å². The van der Waals surface area contributed by atoms with Crippen LogP contribution in [0.2, 0.25) is 0 Å². The number of ketones is 1. The Morgan fingerprint density at radius 1 is 1.64 bits per heavy atom. The van der Waals surface area contributed by atoms with Crippen molar-refractivity contribution in [1.82, 2.24) is 0 Å². The molecule has 0 fully saturated rings. The predicted molar refractivity (Wildman–Crippen MR) is 55.6 cm³/mol. The monoisotopic (exact) mass is 196 g/mol. The third kappa shape index (κ3) is 2.53. The zero-order valence-electron chi connectivity index (χ0n) is 9.06. The third-order valence-corrected chi connectivity index (χ3v) is 2.57. The smallest absolute Gasteiger partial charge is 0.130 e. The molecule has 1 unspecified atom stereocenters. The molecule has 0 aromatic heterocycles. The van der Waals surface area contributed by atoms with E-state index in [4.69, 9.17) is 0 Å². The van der Waals surface area contributed by atoms with Gasteiger partial charge in [-0.3, -0.25) is 0 Å². The summed E-state index contributed by atoms with van der Waals surface area (Å²) < 4.78 is 13.7. The Labute approximate surface area is 84.7 Å². The zero-order valence-corrected chi connectivity index (χ0v) is 9.06. The summed E-state index contributed by atoms with van der Waals surface area (Å²) in [5, 5.41) is 0. The van der Waals surface area contributed by atoms with E-state index in [2.05, 4.69) is 0 Å².